The van der Waals surface area contributed by atoms with Crippen LogP contribution in [0.3, 0.4) is 0 Å². The summed E-state index contributed by atoms with van der Waals surface area (Å²) in [5.74, 6) is -1.70. The second kappa shape index (κ2) is 5.78. The summed E-state index contributed by atoms with van der Waals surface area (Å²) in [6.45, 7) is 3.50. The molecule has 8 heteroatoms. The van der Waals surface area contributed by atoms with E-state index < -0.39 is 29.2 Å². The van der Waals surface area contributed by atoms with Crippen LogP contribution in [-0.4, -0.2) is 10.9 Å². The Kier molecular flexibility index (Phi) is 4.20. The summed E-state index contributed by atoms with van der Waals surface area (Å²) in [6, 6.07) is 1.77. The average molecular weight is 316 g/mol. The molecule has 0 fully saturated rings. The number of benzene rings is 1. The maximum atomic E-state index is 13.6. The molecule has 1 heterocycles. The van der Waals surface area contributed by atoms with E-state index in [1.165, 1.54) is 0 Å². The number of aromatic nitrogens is 1. The summed E-state index contributed by atoms with van der Waals surface area (Å²) < 4.78 is 56.5. The number of carbonyl (C=O) groups is 1. The van der Waals surface area contributed by atoms with Crippen LogP contribution >= 0.6 is 0 Å². The SMILES string of the molecule is CC(C)c1ocnc1C(=O)Nc1cc(C(F)(F)F)ccc1F. The number of hydrogen-bond acceptors (Lipinski definition) is 3. The van der Waals surface area contributed by atoms with E-state index in [9.17, 15) is 22.4 Å². The number of hydrogen-bond donors (Lipinski definition) is 1. The molecule has 0 spiro atoms. The van der Waals surface area contributed by atoms with Crippen LogP contribution in [0.1, 0.15) is 41.6 Å². The van der Waals surface area contributed by atoms with E-state index in [-0.39, 0.29) is 17.4 Å². The molecule has 1 aromatic carbocycles. The number of rotatable bonds is 3. The molecule has 2 rings (SSSR count). The normalized spacial score (nSPS) is 11.8. The highest BCUT2D eigenvalue weighted by molar-refractivity contribution is 6.03. The summed E-state index contributed by atoms with van der Waals surface area (Å²) in [5.41, 5.74) is -1.72. The third kappa shape index (κ3) is 3.26. The third-order valence-electron chi connectivity index (χ3n) is 2.88. The van der Waals surface area contributed by atoms with Gasteiger partial charge in [-0.25, -0.2) is 9.37 Å². The van der Waals surface area contributed by atoms with Crippen LogP contribution in [0.5, 0.6) is 0 Å². The first-order valence-electron chi connectivity index (χ1n) is 6.31. The molecule has 118 valence electrons. The van der Waals surface area contributed by atoms with Gasteiger partial charge in [0.2, 0.25) is 0 Å². The molecule has 0 radical (unpaired) electrons. The first kappa shape index (κ1) is 16.0. The summed E-state index contributed by atoms with van der Waals surface area (Å²) in [6.07, 6.45) is -3.59. The fraction of sp³-hybridized carbons (Fsp3) is 0.286. The Balaban J connectivity index is 2.30. The van der Waals surface area contributed by atoms with Crippen LogP contribution < -0.4 is 5.32 Å². The third-order valence-corrected chi connectivity index (χ3v) is 2.88. The van der Waals surface area contributed by atoms with E-state index in [0.717, 1.165) is 6.39 Å². The number of amides is 1. The van der Waals surface area contributed by atoms with Crippen molar-refractivity contribution in [1.29, 1.82) is 0 Å². The standard InChI is InChI=1S/C14H12F4N2O2/c1-7(2)12-11(19-6-22-12)13(21)20-10-5-8(14(16,17)18)3-4-9(10)15/h3-7H,1-2H3,(H,20,21). The molecule has 0 unspecified atom stereocenters. The van der Waals surface area contributed by atoms with E-state index in [2.05, 4.69) is 10.3 Å². The Bertz CT molecular complexity index is 692. The molecule has 0 saturated heterocycles. The molecular weight excluding hydrogens is 304 g/mol. The van der Waals surface area contributed by atoms with E-state index in [0.29, 0.717) is 18.2 Å². The van der Waals surface area contributed by atoms with Crippen LogP contribution in [0, 0.1) is 5.82 Å². The van der Waals surface area contributed by atoms with Crippen molar-refractivity contribution in [2.24, 2.45) is 0 Å². The lowest BCUT2D eigenvalue weighted by atomic mass is 10.1. The Morgan fingerprint density at radius 1 is 1.32 bits per heavy atom. The van der Waals surface area contributed by atoms with Gasteiger partial charge in [0.05, 0.1) is 11.3 Å². The fourth-order valence-electron chi connectivity index (χ4n) is 1.81. The summed E-state index contributed by atoms with van der Waals surface area (Å²) in [5, 5.41) is 2.08. The molecule has 0 aliphatic heterocycles. The van der Waals surface area contributed by atoms with Gasteiger partial charge in [-0.3, -0.25) is 4.79 Å². The lowest BCUT2D eigenvalue weighted by Crippen LogP contribution is -2.16. The van der Waals surface area contributed by atoms with E-state index in [1.54, 1.807) is 13.8 Å². The number of nitrogens with zero attached hydrogens (tertiary/aromatic N) is 1. The summed E-state index contributed by atoms with van der Waals surface area (Å²) in [4.78, 5) is 15.7. The van der Waals surface area contributed by atoms with Crippen molar-refractivity contribution >= 4 is 11.6 Å². The number of oxazole rings is 1. The van der Waals surface area contributed by atoms with Crippen molar-refractivity contribution < 1.29 is 26.8 Å². The van der Waals surface area contributed by atoms with Gasteiger partial charge in [0.1, 0.15) is 11.6 Å². The topological polar surface area (TPSA) is 55.1 Å². The van der Waals surface area contributed by atoms with Crippen LogP contribution in [0.4, 0.5) is 23.2 Å². The molecule has 0 saturated carbocycles. The molecule has 0 aliphatic carbocycles. The second-order valence-corrected chi connectivity index (χ2v) is 4.87. The minimum atomic E-state index is -4.63. The number of anilines is 1. The predicted octanol–water partition coefficient (Wildman–Crippen LogP) is 4.21. The van der Waals surface area contributed by atoms with E-state index in [4.69, 9.17) is 4.42 Å². The lowest BCUT2D eigenvalue weighted by Gasteiger charge is -2.11. The predicted molar refractivity (Wildman–Crippen MR) is 69.9 cm³/mol. The number of nitrogens with one attached hydrogen (secondary N) is 1. The Hall–Kier alpha value is -2.38. The van der Waals surface area contributed by atoms with Crippen LogP contribution in [0.2, 0.25) is 0 Å². The maximum Gasteiger partial charge on any atom is 0.416 e. The highest BCUT2D eigenvalue weighted by Gasteiger charge is 2.31. The molecule has 0 bridgehead atoms. The van der Waals surface area contributed by atoms with E-state index >= 15 is 0 Å². The molecule has 1 amide bonds. The Labute approximate surface area is 123 Å². The van der Waals surface area contributed by atoms with Crippen molar-refractivity contribution in [2.45, 2.75) is 25.9 Å². The first-order valence-corrected chi connectivity index (χ1v) is 6.31. The van der Waals surface area contributed by atoms with Crippen LogP contribution in [0.25, 0.3) is 0 Å². The number of carbonyl (C=O) groups excluding carboxylic acids is 1. The van der Waals surface area contributed by atoms with Crippen molar-refractivity contribution in [3.63, 3.8) is 0 Å². The zero-order valence-electron chi connectivity index (χ0n) is 11.7. The van der Waals surface area contributed by atoms with Gasteiger partial charge in [0, 0.05) is 5.92 Å². The largest absolute Gasteiger partial charge is 0.447 e. The number of alkyl halides is 3. The second-order valence-electron chi connectivity index (χ2n) is 4.87. The molecule has 4 nitrogen and oxygen atoms in total. The van der Waals surface area contributed by atoms with Gasteiger partial charge in [-0.1, -0.05) is 13.8 Å². The minimum Gasteiger partial charge on any atom is -0.447 e. The van der Waals surface area contributed by atoms with Crippen LogP contribution in [-0.2, 0) is 6.18 Å². The highest BCUT2D eigenvalue weighted by atomic mass is 19.4. The highest BCUT2D eigenvalue weighted by Crippen LogP contribution is 2.32. The van der Waals surface area contributed by atoms with Gasteiger partial charge < -0.3 is 9.73 Å². The van der Waals surface area contributed by atoms with Gasteiger partial charge in [0.15, 0.2) is 12.1 Å². The number of halogens is 4. The van der Waals surface area contributed by atoms with Gasteiger partial charge >= 0.3 is 6.18 Å². The van der Waals surface area contributed by atoms with Crippen molar-refractivity contribution in [2.75, 3.05) is 5.32 Å². The molecule has 2 aromatic rings. The molecular formula is C14H12F4N2O2. The van der Waals surface area contributed by atoms with Gasteiger partial charge in [0.25, 0.3) is 5.91 Å². The average Bonchev–Trinajstić information content (AvgIpc) is 2.89. The molecule has 0 aliphatic rings. The molecule has 1 aromatic heterocycles. The molecule has 0 atom stereocenters. The Morgan fingerprint density at radius 3 is 2.59 bits per heavy atom. The van der Waals surface area contributed by atoms with Crippen molar-refractivity contribution in [1.82, 2.24) is 4.98 Å². The van der Waals surface area contributed by atoms with Crippen LogP contribution in [0.15, 0.2) is 29.0 Å². The quantitative estimate of drug-likeness (QED) is 0.863. The summed E-state index contributed by atoms with van der Waals surface area (Å²) >= 11 is 0. The molecule has 22 heavy (non-hydrogen) atoms. The van der Waals surface area contributed by atoms with Gasteiger partial charge in [-0.05, 0) is 18.2 Å². The van der Waals surface area contributed by atoms with Gasteiger partial charge in [-0.15, -0.1) is 0 Å². The van der Waals surface area contributed by atoms with Gasteiger partial charge in [-0.2, -0.15) is 13.2 Å². The van der Waals surface area contributed by atoms with Crippen molar-refractivity contribution in [3.05, 3.63) is 47.4 Å². The summed E-state index contributed by atoms with van der Waals surface area (Å²) in [7, 11) is 0. The van der Waals surface area contributed by atoms with Crippen molar-refractivity contribution in [3.8, 4) is 0 Å². The minimum absolute atomic E-state index is 0.0909. The zero-order chi connectivity index (χ0) is 16.5. The zero-order valence-corrected chi connectivity index (χ0v) is 11.7. The smallest absolute Gasteiger partial charge is 0.416 e. The monoisotopic (exact) mass is 316 g/mol. The Morgan fingerprint density at radius 2 is 2.00 bits per heavy atom. The van der Waals surface area contributed by atoms with E-state index in [1.807, 2.05) is 0 Å². The molecule has 1 N–H and O–H groups in total. The fourth-order valence-corrected chi connectivity index (χ4v) is 1.81. The first-order chi connectivity index (χ1) is 10.2. The lowest BCUT2D eigenvalue weighted by molar-refractivity contribution is -0.137. The maximum absolute atomic E-state index is 13.6.